The van der Waals surface area contributed by atoms with Crippen molar-refractivity contribution in [2.24, 2.45) is 5.16 Å². The van der Waals surface area contributed by atoms with Gasteiger partial charge in [-0.1, -0.05) is 58.2 Å². The second-order valence-corrected chi connectivity index (χ2v) is 6.17. The highest BCUT2D eigenvalue weighted by molar-refractivity contribution is 5.93. The van der Waals surface area contributed by atoms with Crippen LogP contribution in [0.2, 0.25) is 0 Å². The first-order valence-electron chi connectivity index (χ1n) is 8.88. The largest absolute Gasteiger partial charge is 0.406 e. The van der Waals surface area contributed by atoms with Gasteiger partial charge in [0.25, 0.3) is 5.84 Å². The number of hydrogen-bond acceptors (Lipinski definition) is 2. The maximum absolute atomic E-state index is 9.79. The summed E-state index contributed by atoms with van der Waals surface area (Å²) in [6, 6.07) is 10.2. The lowest BCUT2D eigenvalue weighted by molar-refractivity contribution is -0.842. The van der Waals surface area contributed by atoms with Gasteiger partial charge in [0.1, 0.15) is 0 Å². The molecule has 0 radical (unpaired) electrons. The molecule has 0 heterocycles. The minimum atomic E-state index is 0.816. The highest BCUT2D eigenvalue weighted by Gasteiger charge is 2.34. The van der Waals surface area contributed by atoms with Crippen LogP contribution in [0, 0.1) is 0 Å². The topological polar surface area (TPSA) is 32.6 Å². The van der Waals surface area contributed by atoms with Crippen LogP contribution in [0.3, 0.4) is 0 Å². The molecule has 1 aromatic carbocycles. The van der Waals surface area contributed by atoms with Crippen LogP contribution in [0.15, 0.2) is 35.5 Å². The average Bonchev–Trinajstić information content (AvgIpc) is 2.57. The average molecular weight is 305 g/mol. The van der Waals surface area contributed by atoms with Gasteiger partial charge >= 0.3 is 0 Å². The Morgan fingerprint density at radius 1 is 0.864 bits per heavy atom. The first-order valence-corrected chi connectivity index (χ1v) is 8.88. The van der Waals surface area contributed by atoms with Gasteiger partial charge in [0.05, 0.1) is 25.2 Å². The Morgan fingerprint density at radius 2 is 1.32 bits per heavy atom. The van der Waals surface area contributed by atoms with Crippen molar-refractivity contribution in [1.29, 1.82) is 0 Å². The van der Waals surface area contributed by atoms with Gasteiger partial charge in [0.2, 0.25) is 0 Å². The molecule has 0 aliphatic rings. The van der Waals surface area contributed by atoms with Crippen molar-refractivity contribution in [3.63, 3.8) is 0 Å². The van der Waals surface area contributed by atoms with Crippen LogP contribution in [-0.2, 0) is 0 Å². The van der Waals surface area contributed by atoms with Crippen molar-refractivity contribution < 1.29 is 9.69 Å². The molecule has 0 bridgehead atoms. The minimum absolute atomic E-state index is 0.816. The molecule has 3 heteroatoms. The van der Waals surface area contributed by atoms with Crippen LogP contribution >= 0.6 is 0 Å². The van der Waals surface area contributed by atoms with E-state index in [-0.39, 0.29) is 0 Å². The van der Waals surface area contributed by atoms with Crippen molar-refractivity contribution in [2.45, 2.75) is 59.3 Å². The van der Waals surface area contributed by atoms with Gasteiger partial charge in [-0.3, -0.25) is 4.48 Å². The van der Waals surface area contributed by atoms with E-state index in [9.17, 15) is 5.21 Å². The summed E-state index contributed by atoms with van der Waals surface area (Å²) in [5.41, 5.74) is 1.05. The maximum Gasteiger partial charge on any atom is 0.269 e. The number of unbranched alkanes of at least 4 members (excludes halogenated alkanes) is 3. The standard InChI is InChI=1S/C19H32N2O/c1-4-7-15-21(16-8-5-2,17-9-6-3)19(20-22)18-13-11-10-12-14-18/h10-14H,4-9,15-17H2,1-3H3/p+1. The van der Waals surface area contributed by atoms with E-state index in [2.05, 4.69) is 38.1 Å². The summed E-state index contributed by atoms with van der Waals surface area (Å²) < 4.78 is 0.816. The molecule has 0 saturated heterocycles. The summed E-state index contributed by atoms with van der Waals surface area (Å²) in [4.78, 5) is 0. The van der Waals surface area contributed by atoms with Gasteiger partial charge in [-0.25, -0.2) is 0 Å². The Kier molecular flexibility index (Phi) is 8.83. The number of oxime groups is 1. The van der Waals surface area contributed by atoms with Gasteiger partial charge in [-0.2, -0.15) is 0 Å². The van der Waals surface area contributed by atoms with Crippen molar-refractivity contribution in [1.82, 2.24) is 0 Å². The predicted molar refractivity (Wildman–Crippen MR) is 94.4 cm³/mol. The van der Waals surface area contributed by atoms with E-state index in [1.165, 1.54) is 38.5 Å². The van der Waals surface area contributed by atoms with Crippen LogP contribution in [0.4, 0.5) is 0 Å². The highest BCUT2D eigenvalue weighted by atomic mass is 16.4. The molecule has 0 atom stereocenters. The molecule has 0 unspecified atom stereocenters. The Labute approximate surface area is 136 Å². The molecule has 1 aromatic rings. The summed E-state index contributed by atoms with van der Waals surface area (Å²) in [7, 11) is 0. The molecule has 0 aromatic heterocycles. The zero-order chi connectivity index (χ0) is 16.3. The SMILES string of the molecule is CCCC[N+](CCCC)(CCCC)C(=NO)c1ccccc1. The molecule has 0 aliphatic heterocycles. The third-order valence-corrected chi connectivity index (χ3v) is 4.40. The molecular formula is C19H33N2O+. The van der Waals surface area contributed by atoms with Gasteiger partial charge in [-0.15, -0.1) is 0 Å². The van der Waals surface area contributed by atoms with E-state index in [1.54, 1.807) is 0 Å². The molecule has 1 N–H and O–H groups in total. The number of rotatable bonds is 10. The van der Waals surface area contributed by atoms with E-state index in [1.807, 2.05) is 18.2 Å². The molecule has 0 aliphatic carbocycles. The second kappa shape index (κ2) is 10.4. The quantitative estimate of drug-likeness (QED) is 0.212. The molecule has 0 saturated carbocycles. The van der Waals surface area contributed by atoms with Crippen LogP contribution in [0.5, 0.6) is 0 Å². The summed E-state index contributed by atoms with van der Waals surface area (Å²) in [6.45, 7) is 9.87. The molecule has 0 fully saturated rings. The monoisotopic (exact) mass is 305 g/mol. The lowest BCUT2D eigenvalue weighted by Gasteiger charge is -2.38. The van der Waals surface area contributed by atoms with Crippen molar-refractivity contribution in [3.05, 3.63) is 35.9 Å². The van der Waals surface area contributed by atoms with Crippen molar-refractivity contribution in [3.8, 4) is 0 Å². The third kappa shape index (κ3) is 5.13. The molecule has 124 valence electrons. The fourth-order valence-corrected chi connectivity index (χ4v) is 3.05. The lowest BCUT2D eigenvalue weighted by atomic mass is 10.1. The number of amidine groups is 1. The zero-order valence-corrected chi connectivity index (χ0v) is 14.6. The normalized spacial score (nSPS) is 12.6. The summed E-state index contributed by atoms with van der Waals surface area (Å²) >= 11 is 0. The van der Waals surface area contributed by atoms with Crippen LogP contribution in [0.1, 0.15) is 64.9 Å². The molecular weight excluding hydrogens is 272 g/mol. The molecule has 22 heavy (non-hydrogen) atoms. The number of quaternary nitrogens is 1. The van der Waals surface area contributed by atoms with Gasteiger partial charge < -0.3 is 5.21 Å². The Morgan fingerprint density at radius 3 is 1.68 bits per heavy atom. The van der Waals surface area contributed by atoms with Crippen molar-refractivity contribution >= 4 is 5.84 Å². The summed E-state index contributed by atoms with van der Waals surface area (Å²) in [6.07, 6.45) is 7.01. The maximum atomic E-state index is 9.79. The Bertz CT molecular complexity index is 407. The predicted octanol–water partition coefficient (Wildman–Crippen LogP) is 5.04. The molecule has 1 rings (SSSR count). The van der Waals surface area contributed by atoms with Crippen LogP contribution in [-0.4, -0.2) is 35.2 Å². The van der Waals surface area contributed by atoms with E-state index in [4.69, 9.17) is 0 Å². The number of hydrogen-bond donors (Lipinski definition) is 1. The summed E-state index contributed by atoms with van der Waals surface area (Å²) in [5.74, 6) is 0.843. The van der Waals surface area contributed by atoms with Crippen LogP contribution in [0.25, 0.3) is 0 Å². The zero-order valence-electron chi connectivity index (χ0n) is 14.6. The van der Waals surface area contributed by atoms with Crippen molar-refractivity contribution in [2.75, 3.05) is 19.6 Å². The van der Waals surface area contributed by atoms with E-state index in [0.717, 1.165) is 35.5 Å². The smallest absolute Gasteiger partial charge is 0.269 e. The van der Waals surface area contributed by atoms with Gasteiger partial charge in [-0.05, 0) is 36.6 Å². The number of benzene rings is 1. The third-order valence-electron chi connectivity index (χ3n) is 4.40. The second-order valence-electron chi connectivity index (χ2n) is 6.17. The number of nitrogens with zero attached hydrogens (tertiary/aromatic N) is 2. The lowest BCUT2D eigenvalue weighted by Crippen LogP contribution is -2.55. The fourth-order valence-electron chi connectivity index (χ4n) is 3.05. The fraction of sp³-hybridized carbons (Fsp3) is 0.632. The van der Waals surface area contributed by atoms with Crippen LogP contribution < -0.4 is 0 Å². The molecule has 3 nitrogen and oxygen atoms in total. The van der Waals surface area contributed by atoms with Gasteiger partial charge in [0, 0.05) is 0 Å². The minimum Gasteiger partial charge on any atom is -0.406 e. The first kappa shape index (κ1) is 18.7. The summed E-state index contributed by atoms with van der Waals surface area (Å²) in [5, 5.41) is 13.6. The van der Waals surface area contributed by atoms with E-state index >= 15 is 0 Å². The van der Waals surface area contributed by atoms with E-state index in [0.29, 0.717) is 0 Å². The Balaban J connectivity index is 3.16. The Hall–Kier alpha value is -1.35. The van der Waals surface area contributed by atoms with E-state index < -0.39 is 0 Å². The highest BCUT2D eigenvalue weighted by Crippen LogP contribution is 2.21. The van der Waals surface area contributed by atoms with Gasteiger partial charge in [0.15, 0.2) is 0 Å². The first-order chi connectivity index (χ1) is 10.7. The molecule has 0 spiro atoms. The molecule has 0 amide bonds.